The van der Waals surface area contributed by atoms with E-state index in [0.717, 1.165) is 44.0 Å². The van der Waals surface area contributed by atoms with Crippen LogP contribution < -0.4 is 15.5 Å². The molecule has 1 aliphatic heterocycles. The summed E-state index contributed by atoms with van der Waals surface area (Å²) in [5.74, 6) is 1.28. The molecule has 0 radical (unpaired) electrons. The minimum atomic E-state index is 0.0533. The fourth-order valence-electron chi connectivity index (χ4n) is 6.82. The quantitative estimate of drug-likeness (QED) is 0.562. The molecule has 2 bridgehead atoms. The third-order valence-electron chi connectivity index (χ3n) is 9.58. The van der Waals surface area contributed by atoms with Gasteiger partial charge >= 0.3 is 0 Å². The largest absolute Gasteiger partial charge is 0.369 e. The Labute approximate surface area is 216 Å². The monoisotopic (exact) mass is 490 g/mol. The number of nitrogens with zero attached hydrogens (tertiary/aromatic N) is 4. The Bertz CT molecular complexity index is 1060. The number of amides is 1. The van der Waals surface area contributed by atoms with Gasteiger partial charge in [0.1, 0.15) is 0 Å². The molecule has 5 rings (SSSR count). The number of anilines is 3. The van der Waals surface area contributed by atoms with E-state index in [1.54, 1.807) is 6.20 Å². The van der Waals surface area contributed by atoms with E-state index in [1.165, 1.54) is 31.5 Å². The Kier molecular flexibility index (Phi) is 6.95. The first-order valence-electron chi connectivity index (χ1n) is 13.7. The maximum absolute atomic E-state index is 12.9. The molecule has 7 nitrogen and oxygen atoms in total. The lowest BCUT2D eigenvalue weighted by Gasteiger charge is -2.39. The number of piperazine rings is 1. The number of aromatic nitrogens is 2. The summed E-state index contributed by atoms with van der Waals surface area (Å²) in [6.45, 7) is 14.9. The number of nitrogens with one attached hydrogen (secondary N) is 2. The lowest BCUT2D eigenvalue weighted by Crippen LogP contribution is -2.47. The molecular formula is C29H42N6O. The van der Waals surface area contributed by atoms with Gasteiger partial charge in [0.15, 0.2) is 0 Å². The minimum Gasteiger partial charge on any atom is -0.369 e. The van der Waals surface area contributed by atoms with Crippen LogP contribution in [0.2, 0.25) is 0 Å². The summed E-state index contributed by atoms with van der Waals surface area (Å²) in [5.41, 5.74) is 3.40. The topological polar surface area (TPSA) is 73.4 Å². The van der Waals surface area contributed by atoms with Crippen LogP contribution in [0.3, 0.4) is 0 Å². The van der Waals surface area contributed by atoms with E-state index < -0.39 is 0 Å². The standard InChI is InChI=1S/C29H42N6O/c1-5-14-34-15-17-35(18-16-34)24-8-6-22(7-9-24)31-27-30-13-11-23(32-27)20-26(36)33-25-19-21-10-12-29(25,4)28(21,2)3/h6-9,11,13,21,25H,5,10,12,14-20H2,1-4H3,(H,33,36)(H,30,31,32). The molecule has 7 heteroatoms. The Balaban J connectivity index is 1.15. The molecule has 194 valence electrons. The van der Waals surface area contributed by atoms with Crippen molar-refractivity contribution >= 4 is 23.2 Å². The van der Waals surface area contributed by atoms with Gasteiger partial charge in [0.25, 0.3) is 0 Å². The summed E-state index contributed by atoms with van der Waals surface area (Å²) in [7, 11) is 0. The van der Waals surface area contributed by atoms with Crippen molar-refractivity contribution in [2.75, 3.05) is 42.9 Å². The summed E-state index contributed by atoms with van der Waals surface area (Å²) < 4.78 is 0. The minimum absolute atomic E-state index is 0.0533. The van der Waals surface area contributed by atoms with Crippen LogP contribution in [0.5, 0.6) is 0 Å². The number of hydrogen-bond acceptors (Lipinski definition) is 6. The lowest BCUT2D eigenvalue weighted by molar-refractivity contribution is -0.122. The SMILES string of the molecule is CCCN1CCN(c2ccc(Nc3nccc(CC(=O)NC4CC5CCC4(C)C5(C)C)n3)cc2)CC1. The molecule has 1 amide bonds. The second-order valence-electron chi connectivity index (χ2n) is 11.8. The first-order valence-corrected chi connectivity index (χ1v) is 13.7. The number of carbonyl (C=O) groups is 1. The van der Waals surface area contributed by atoms with Gasteiger partial charge in [-0.2, -0.15) is 0 Å². The van der Waals surface area contributed by atoms with Crippen molar-refractivity contribution in [3.05, 3.63) is 42.2 Å². The normalized spacial score (nSPS) is 27.3. The van der Waals surface area contributed by atoms with Gasteiger partial charge in [-0.05, 0) is 79.3 Å². The predicted molar refractivity (Wildman–Crippen MR) is 146 cm³/mol. The van der Waals surface area contributed by atoms with Crippen molar-refractivity contribution in [2.24, 2.45) is 16.7 Å². The average molecular weight is 491 g/mol. The van der Waals surface area contributed by atoms with Crippen LogP contribution >= 0.6 is 0 Å². The third-order valence-corrected chi connectivity index (χ3v) is 9.58. The predicted octanol–water partition coefficient (Wildman–Crippen LogP) is 4.63. The van der Waals surface area contributed by atoms with Gasteiger partial charge in [-0.1, -0.05) is 27.7 Å². The van der Waals surface area contributed by atoms with E-state index >= 15 is 0 Å². The van der Waals surface area contributed by atoms with Crippen LogP contribution in [0.15, 0.2) is 36.5 Å². The highest BCUT2D eigenvalue weighted by Crippen LogP contribution is 2.65. The fourth-order valence-corrected chi connectivity index (χ4v) is 6.82. The highest BCUT2D eigenvalue weighted by molar-refractivity contribution is 5.78. The Morgan fingerprint density at radius 2 is 1.83 bits per heavy atom. The van der Waals surface area contributed by atoms with Gasteiger partial charge in [0, 0.05) is 49.8 Å². The van der Waals surface area contributed by atoms with Crippen LogP contribution in [0.4, 0.5) is 17.3 Å². The first-order chi connectivity index (χ1) is 17.3. The maximum atomic E-state index is 12.9. The molecule has 3 atom stereocenters. The van der Waals surface area contributed by atoms with E-state index in [4.69, 9.17) is 0 Å². The summed E-state index contributed by atoms with van der Waals surface area (Å²) in [5, 5.41) is 6.65. The van der Waals surface area contributed by atoms with Crippen LogP contribution in [0.25, 0.3) is 0 Å². The second kappa shape index (κ2) is 10.0. The highest BCUT2D eigenvalue weighted by Gasteiger charge is 2.61. The summed E-state index contributed by atoms with van der Waals surface area (Å²) in [4.78, 5) is 26.9. The van der Waals surface area contributed by atoms with E-state index in [2.05, 4.69) is 82.4 Å². The second-order valence-corrected chi connectivity index (χ2v) is 11.8. The Morgan fingerprint density at radius 3 is 2.47 bits per heavy atom. The highest BCUT2D eigenvalue weighted by atomic mass is 16.1. The maximum Gasteiger partial charge on any atom is 0.227 e. The van der Waals surface area contributed by atoms with Crippen molar-refractivity contribution < 1.29 is 4.79 Å². The van der Waals surface area contributed by atoms with Gasteiger partial charge in [0.05, 0.1) is 12.1 Å². The number of hydrogen-bond donors (Lipinski definition) is 2. The number of benzene rings is 1. The summed E-state index contributed by atoms with van der Waals surface area (Å²) in [6, 6.07) is 10.6. The van der Waals surface area contributed by atoms with Gasteiger partial charge in [-0.25, -0.2) is 9.97 Å². The molecule has 3 fully saturated rings. The Hall–Kier alpha value is -2.67. The average Bonchev–Trinajstić information content (AvgIpc) is 3.19. The molecular weight excluding hydrogens is 448 g/mol. The molecule has 3 unspecified atom stereocenters. The third kappa shape index (κ3) is 4.82. The van der Waals surface area contributed by atoms with Gasteiger partial charge in [-0.3, -0.25) is 9.69 Å². The fraction of sp³-hybridized carbons (Fsp3) is 0.621. The van der Waals surface area contributed by atoms with E-state index in [-0.39, 0.29) is 29.2 Å². The molecule has 2 saturated carbocycles. The molecule has 2 heterocycles. The molecule has 2 N–H and O–H groups in total. The number of rotatable bonds is 8. The smallest absolute Gasteiger partial charge is 0.227 e. The molecule has 3 aliphatic rings. The molecule has 2 aliphatic carbocycles. The molecule has 0 spiro atoms. The van der Waals surface area contributed by atoms with Crippen LogP contribution in [-0.2, 0) is 11.2 Å². The van der Waals surface area contributed by atoms with E-state index in [9.17, 15) is 4.79 Å². The van der Waals surface area contributed by atoms with Crippen molar-refractivity contribution in [3.8, 4) is 0 Å². The number of carbonyl (C=O) groups excluding carboxylic acids is 1. The van der Waals surface area contributed by atoms with E-state index in [1.807, 2.05) is 6.07 Å². The molecule has 1 aromatic heterocycles. The zero-order valence-electron chi connectivity index (χ0n) is 22.4. The molecule has 2 aromatic rings. The lowest BCUT2D eigenvalue weighted by atomic mass is 9.69. The van der Waals surface area contributed by atoms with Crippen molar-refractivity contribution in [2.45, 2.75) is 65.8 Å². The van der Waals surface area contributed by atoms with Gasteiger partial charge in [0.2, 0.25) is 11.9 Å². The Morgan fingerprint density at radius 1 is 1.08 bits per heavy atom. The zero-order valence-corrected chi connectivity index (χ0v) is 22.4. The van der Waals surface area contributed by atoms with E-state index in [0.29, 0.717) is 11.9 Å². The molecule has 1 aromatic carbocycles. The van der Waals surface area contributed by atoms with Crippen LogP contribution in [0.1, 0.15) is 59.1 Å². The summed E-state index contributed by atoms with van der Waals surface area (Å²) >= 11 is 0. The molecule has 1 saturated heterocycles. The van der Waals surface area contributed by atoms with Crippen molar-refractivity contribution in [1.29, 1.82) is 0 Å². The zero-order chi connectivity index (χ0) is 25.3. The van der Waals surface area contributed by atoms with Crippen LogP contribution in [-0.4, -0.2) is 59.5 Å². The number of fused-ring (bicyclic) bond motifs is 2. The van der Waals surface area contributed by atoms with Gasteiger partial charge in [-0.15, -0.1) is 0 Å². The van der Waals surface area contributed by atoms with Crippen molar-refractivity contribution in [1.82, 2.24) is 20.2 Å². The van der Waals surface area contributed by atoms with Gasteiger partial charge < -0.3 is 15.5 Å². The van der Waals surface area contributed by atoms with Crippen LogP contribution in [0, 0.1) is 16.7 Å². The molecule has 36 heavy (non-hydrogen) atoms. The van der Waals surface area contributed by atoms with Crippen molar-refractivity contribution in [3.63, 3.8) is 0 Å². The summed E-state index contributed by atoms with van der Waals surface area (Å²) in [6.07, 6.45) is 6.80. The first kappa shape index (κ1) is 25.0.